The maximum Gasteiger partial charge on any atom is 0.148 e. The Bertz CT molecular complexity index is 1920. The lowest BCUT2D eigenvalue weighted by atomic mass is 10.0. The summed E-state index contributed by atoms with van der Waals surface area (Å²) < 4.78 is 39.0. The number of aliphatic hydroxyl groups is 1. The second-order valence-electron chi connectivity index (χ2n) is 11.9. The van der Waals surface area contributed by atoms with Crippen LogP contribution in [0, 0.1) is 18.6 Å². The van der Waals surface area contributed by atoms with Crippen LogP contribution in [0.4, 0.5) is 8.78 Å². The van der Waals surface area contributed by atoms with E-state index in [2.05, 4.69) is 84.0 Å². The van der Waals surface area contributed by atoms with E-state index in [1.54, 1.807) is 12.1 Å². The Morgan fingerprint density at radius 3 is 1.72 bits per heavy atom. The van der Waals surface area contributed by atoms with Gasteiger partial charge >= 0.3 is 0 Å². The molecule has 8 heteroatoms. The number of rotatable bonds is 8. The lowest BCUT2D eigenvalue weighted by Crippen LogP contribution is -2.05. The van der Waals surface area contributed by atoms with Gasteiger partial charge in [0, 0.05) is 17.2 Å². The fraction of sp³-hybridized carbons (Fsp3) is 0.333. The lowest BCUT2D eigenvalue weighted by molar-refractivity contribution is 0.220. The van der Waals surface area contributed by atoms with Crippen LogP contribution in [0.15, 0.2) is 103 Å². The van der Waals surface area contributed by atoms with Gasteiger partial charge in [0.25, 0.3) is 0 Å². The van der Waals surface area contributed by atoms with Crippen LogP contribution in [-0.4, -0.2) is 28.6 Å². The van der Waals surface area contributed by atoms with E-state index in [0.29, 0.717) is 5.56 Å². The molecular formula is C42H50Br2F2O3S. The molecule has 1 unspecified atom stereocenters. The molecule has 6 rings (SSSR count). The second kappa shape index (κ2) is 19.6. The van der Waals surface area contributed by atoms with Gasteiger partial charge in [-0.2, -0.15) is 0 Å². The van der Waals surface area contributed by atoms with E-state index < -0.39 is 6.10 Å². The van der Waals surface area contributed by atoms with E-state index in [4.69, 9.17) is 8.83 Å². The van der Waals surface area contributed by atoms with Gasteiger partial charge in [0.2, 0.25) is 0 Å². The molecule has 2 aromatic heterocycles. The van der Waals surface area contributed by atoms with Crippen molar-refractivity contribution in [1.82, 2.24) is 0 Å². The molecule has 0 saturated heterocycles. The molecule has 0 saturated carbocycles. The molecule has 0 amide bonds. The maximum absolute atomic E-state index is 12.9. The maximum atomic E-state index is 12.9. The van der Waals surface area contributed by atoms with Crippen LogP contribution in [0.5, 0.6) is 0 Å². The number of aliphatic hydroxyl groups excluding tert-OH is 1. The molecule has 50 heavy (non-hydrogen) atoms. The Morgan fingerprint density at radius 1 is 0.660 bits per heavy atom. The van der Waals surface area contributed by atoms with E-state index in [-0.39, 0.29) is 21.7 Å². The van der Waals surface area contributed by atoms with Crippen molar-refractivity contribution < 1.29 is 22.7 Å². The summed E-state index contributed by atoms with van der Waals surface area (Å²) in [6.07, 6.45) is 3.30. The number of hydrogen-bond donors (Lipinski definition) is 1. The Hall–Kier alpha value is -2.91. The zero-order valence-electron chi connectivity index (χ0n) is 30.4. The highest BCUT2D eigenvalue weighted by molar-refractivity contribution is 9.11. The Kier molecular flexibility index (Phi) is 16.3. The average molecular weight is 833 g/mol. The minimum atomic E-state index is -0.800. The Balaban J connectivity index is 0.000000215. The fourth-order valence-electron chi connectivity index (χ4n) is 5.20. The Morgan fingerprint density at radius 2 is 1.18 bits per heavy atom. The molecule has 0 fully saturated rings. The molecule has 270 valence electrons. The zero-order chi connectivity index (χ0) is 37.0. The summed E-state index contributed by atoms with van der Waals surface area (Å²) in [7, 11) is -0.153. The third kappa shape index (κ3) is 11.3. The van der Waals surface area contributed by atoms with Gasteiger partial charge in [0.05, 0.1) is 8.95 Å². The van der Waals surface area contributed by atoms with Gasteiger partial charge in [-0.25, -0.2) is 18.8 Å². The predicted octanol–water partition coefficient (Wildman–Crippen LogP) is 13.7. The summed E-state index contributed by atoms with van der Waals surface area (Å²) in [5, 5.41) is 12.4. The smallest absolute Gasteiger partial charge is 0.148 e. The SMILES string of the molecule is CC.CCS(C)(CC)CC.CCc1cc2cc(Cc3ccc(F)cc3)cc(Br)c2o1.Cc1cc2cc(C(O)c3ccc(F)cc3)cc(Br)c2o1. The van der Waals surface area contributed by atoms with E-state index in [1.165, 1.54) is 47.1 Å². The largest absolute Gasteiger partial charge is 0.460 e. The van der Waals surface area contributed by atoms with Crippen LogP contribution in [0.2, 0.25) is 0 Å². The molecular weight excluding hydrogens is 782 g/mol. The van der Waals surface area contributed by atoms with Crippen molar-refractivity contribution in [2.75, 3.05) is 23.5 Å². The van der Waals surface area contributed by atoms with Crippen molar-refractivity contribution in [2.24, 2.45) is 0 Å². The molecule has 2 heterocycles. The summed E-state index contributed by atoms with van der Waals surface area (Å²) in [6, 6.07) is 24.4. The summed E-state index contributed by atoms with van der Waals surface area (Å²) in [6.45, 7) is 14.9. The van der Waals surface area contributed by atoms with Crippen molar-refractivity contribution >= 4 is 63.8 Å². The summed E-state index contributed by atoms with van der Waals surface area (Å²) in [5.41, 5.74) is 5.31. The molecule has 3 nitrogen and oxygen atoms in total. The van der Waals surface area contributed by atoms with Crippen molar-refractivity contribution in [1.29, 1.82) is 0 Å². The molecule has 6 aromatic rings. The van der Waals surface area contributed by atoms with Gasteiger partial charge in [-0.1, -0.05) is 65.8 Å². The van der Waals surface area contributed by atoms with Crippen molar-refractivity contribution in [3.05, 3.63) is 139 Å². The minimum Gasteiger partial charge on any atom is -0.460 e. The number of hydrogen-bond acceptors (Lipinski definition) is 3. The number of benzene rings is 4. The standard InChI is InChI=1S/C17H14BrFO.C16H12BrFO2.C7H18S.C2H6/c1-2-15-10-13-8-12(9-16(18)17(13)20-15)7-11-3-5-14(19)6-4-11;1-9-6-12-7-11(8-14(17)16(12)20-9)15(19)10-2-4-13(18)5-3-10;1-5-8(4,6-2)7-3;1-2/h3-6,8-10H,2,7H2,1H3;2-8,15,19H,1H3;5-7H2,1-4H3;1-2H3. The summed E-state index contributed by atoms with van der Waals surface area (Å²) in [4.78, 5) is 0. The van der Waals surface area contributed by atoms with Crippen LogP contribution in [0.25, 0.3) is 21.9 Å². The monoisotopic (exact) mass is 830 g/mol. The normalized spacial score (nSPS) is 11.9. The predicted molar refractivity (Wildman–Crippen MR) is 218 cm³/mol. The van der Waals surface area contributed by atoms with Crippen LogP contribution < -0.4 is 0 Å². The molecule has 1 atom stereocenters. The lowest BCUT2D eigenvalue weighted by Gasteiger charge is -2.31. The number of furan rings is 2. The highest BCUT2D eigenvalue weighted by Crippen LogP contribution is 2.42. The van der Waals surface area contributed by atoms with Gasteiger partial charge < -0.3 is 13.9 Å². The van der Waals surface area contributed by atoms with Gasteiger partial charge in [0.15, 0.2) is 0 Å². The topological polar surface area (TPSA) is 46.5 Å². The van der Waals surface area contributed by atoms with Crippen LogP contribution >= 0.6 is 41.9 Å². The van der Waals surface area contributed by atoms with Crippen molar-refractivity contribution in [2.45, 2.75) is 67.4 Å². The molecule has 0 aliphatic carbocycles. The Labute approximate surface area is 315 Å². The molecule has 0 bridgehead atoms. The molecule has 0 spiro atoms. The average Bonchev–Trinajstić information content (AvgIpc) is 3.74. The number of fused-ring (bicyclic) bond motifs is 2. The number of aryl methyl sites for hydroxylation is 2. The molecule has 0 aliphatic heterocycles. The first-order valence-electron chi connectivity index (χ1n) is 17.2. The highest BCUT2D eigenvalue weighted by atomic mass is 79.9. The van der Waals surface area contributed by atoms with E-state index in [9.17, 15) is 13.9 Å². The molecule has 1 N–H and O–H groups in total. The first-order valence-corrected chi connectivity index (χ1v) is 21.3. The second-order valence-corrected chi connectivity index (χ2v) is 18.3. The first kappa shape index (κ1) is 41.5. The third-order valence-electron chi connectivity index (χ3n) is 8.66. The van der Waals surface area contributed by atoms with Crippen molar-refractivity contribution in [3.8, 4) is 0 Å². The van der Waals surface area contributed by atoms with E-state index in [1.807, 2.05) is 51.1 Å². The van der Waals surface area contributed by atoms with Gasteiger partial charge in [-0.3, -0.25) is 0 Å². The summed E-state index contributed by atoms with van der Waals surface area (Å²) >= 11 is 7.01. The van der Waals surface area contributed by atoms with Crippen LogP contribution in [0.3, 0.4) is 0 Å². The van der Waals surface area contributed by atoms with Crippen LogP contribution in [0.1, 0.15) is 81.4 Å². The quantitative estimate of drug-likeness (QED) is 0.166. The zero-order valence-corrected chi connectivity index (χ0v) is 34.4. The van der Waals surface area contributed by atoms with E-state index in [0.717, 1.165) is 66.4 Å². The van der Waals surface area contributed by atoms with Gasteiger partial charge in [-0.05, 0) is 152 Å². The van der Waals surface area contributed by atoms with Gasteiger partial charge in [0.1, 0.15) is 40.4 Å². The highest BCUT2D eigenvalue weighted by Gasteiger charge is 2.15. The van der Waals surface area contributed by atoms with Gasteiger partial charge in [-0.15, -0.1) is 0 Å². The molecule has 0 aliphatic rings. The number of halogens is 4. The third-order valence-corrected chi connectivity index (χ3v) is 14.0. The van der Waals surface area contributed by atoms with Crippen LogP contribution in [-0.2, 0) is 12.8 Å². The summed E-state index contributed by atoms with van der Waals surface area (Å²) in [5.74, 6) is 5.49. The van der Waals surface area contributed by atoms with E-state index >= 15 is 0 Å². The molecule has 0 radical (unpaired) electrons. The first-order chi connectivity index (χ1) is 23.9. The van der Waals surface area contributed by atoms with Crippen molar-refractivity contribution in [3.63, 3.8) is 0 Å². The molecule has 4 aromatic carbocycles. The fourth-order valence-corrected chi connectivity index (χ4v) is 7.61. The minimum absolute atomic E-state index is 0.153.